The van der Waals surface area contributed by atoms with Crippen molar-refractivity contribution in [2.45, 2.75) is 44.5 Å². The van der Waals surface area contributed by atoms with Gasteiger partial charge in [-0.15, -0.1) is 0 Å². The normalized spacial score (nSPS) is 28.0. The van der Waals surface area contributed by atoms with E-state index < -0.39 is 22.2 Å². The Labute approximate surface area is 150 Å². The SMILES string of the molecule is Cc1ccc2c3c1OC(N1CCOCC1S(=O)(=O)O2)C3(C)C.FC(F)F. The van der Waals surface area contributed by atoms with Crippen molar-refractivity contribution in [3.8, 4) is 11.5 Å². The molecule has 0 spiro atoms. The highest BCUT2D eigenvalue weighted by Gasteiger charge is 2.54. The molecule has 4 rings (SSSR count). The van der Waals surface area contributed by atoms with Crippen molar-refractivity contribution >= 4 is 10.1 Å². The van der Waals surface area contributed by atoms with Crippen LogP contribution in [0.15, 0.2) is 12.1 Å². The Kier molecular flexibility index (Phi) is 4.87. The van der Waals surface area contributed by atoms with Crippen LogP contribution in [-0.2, 0) is 20.3 Å². The number of hydrogen-bond acceptors (Lipinski definition) is 6. The van der Waals surface area contributed by atoms with Crippen molar-refractivity contribution in [2.24, 2.45) is 0 Å². The lowest BCUT2D eigenvalue weighted by Crippen LogP contribution is -2.60. The van der Waals surface area contributed by atoms with E-state index in [0.29, 0.717) is 18.9 Å². The van der Waals surface area contributed by atoms with Gasteiger partial charge in [0.1, 0.15) is 11.5 Å². The fourth-order valence-electron chi connectivity index (χ4n) is 3.66. The average Bonchev–Trinajstić information content (AvgIpc) is 2.83. The molecule has 3 aliphatic rings. The Morgan fingerprint density at radius 2 is 1.92 bits per heavy atom. The van der Waals surface area contributed by atoms with Gasteiger partial charge in [0.15, 0.2) is 11.6 Å². The summed E-state index contributed by atoms with van der Waals surface area (Å²) < 4.78 is 71.3. The van der Waals surface area contributed by atoms with Gasteiger partial charge < -0.3 is 13.7 Å². The molecule has 1 saturated heterocycles. The number of fused-ring (bicyclic) bond motifs is 3. The van der Waals surface area contributed by atoms with E-state index >= 15 is 0 Å². The molecule has 0 N–H and O–H groups in total. The molecule has 2 unspecified atom stereocenters. The van der Waals surface area contributed by atoms with Crippen LogP contribution in [0.5, 0.6) is 11.5 Å². The lowest BCUT2D eigenvalue weighted by Gasteiger charge is -2.43. The van der Waals surface area contributed by atoms with Gasteiger partial charge in [-0.3, -0.25) is 0 Å². The third kappa shape index (κ3) is 3.14. The quantitative estimate of drug-likeness (QED) is 0.629. The Bertz CT molecular complexity index is 797. The van der Waals surface area contributed by atoms with Crippen molar-refractivity contribution in [3.63, 3.8) is 0 Å². The maximum absolute atomic E-state index is 12.6. The van der Waals surface area contributed by atoms with Gasteiger partial charge >= 0.3 is 16.8 Å². The first kappa shape index (κ1) is 19.2. The Hall–Kier alpha value is -1.52. The van der Waals surface area contributed by atoms with Gasteiger partial charge in [0.2, 0.25) is 0 Å². The molecule has 3 aliphatic heterocycles. The standard InChI is InChI=1S/C15H19NO5S.CHF3/c1-9-4-5-10-12-13(9)20-14(15(12,2)3)16-6-7-19-8-11(16)22(17,18)21-10;2-1(3)4/h4-5,11,14H,6-8H2,1-3H3;1H. The number of hydrogen-bond donors (Lipinski definition) is 0. The lowest BCUT2D eigenvalue weighted by atomic mass is 9.82. The molecule has 1 aromatic rings. The Morgan fingerprint density at radius 3 is 2.58 bits per heavy atom. The summed E-state index contributed by atoms with van der Waals surface area (Å²) in [6.07, 6.45) is -0.338. The van der Waals surface area contributed by atoms with Gasteiger partial charge in [-0.05, 0) is 18.6 Å². The maximum Gasteiger partial charge on any atom is 0.379 e. The summed E-state index contributed by atoms with van der Waals surface area (Å²) in [6.45, 7) is 3.53. The van der Waals surface area contributed by atoms with Crippen LogP contribution in [-0.4, -0.2) is 51.4 Å². The summed E-state index contributed by atoms with van der Waals surface area (Å²) in [4.78, 5) is 1.86. The van der Waals surface area contributed by atoms with Crippen LogP contribution in [0.4, 0.5) is 13.2 Å². The fraction of sp³-hybridized carbons (Fsp3) is 0.625. The van der Waals surface area contributed by atoms with Crippen molar-refractivity contribution in [3.05, 3.63) is 23.3 Å². The van der Waals surface area contributed by atoms with Crippen molar-refractivity contribution in [1.29, 1.82) is 0 Å². The molecule has 1 aromatic carbocycles. The molecule has 146 valence electrons. The lowest BCUT2D eigenvalue weighted by molar-refractivity contribution is -0.0767. The minimum absolute atomic E-state index is 0.0998. The number of alkyl halides is 3. The third-order valence-electron chi connectivity index (χ3n) is 4.77. The molecule has 26 heavy (non-hydrogen) atoms. The molecule has 0 aromatic heterocycles. The van der Waals surface area contributed by atoms with Crippen LogP contribution in [0.2, 0.25) is 0 Å². The van der Waals surface area contributed by atoms with Gasteiger partial charge in [-0.1, -0.05) is 19.9 Å². The topological polar surface area (TPSA) is 65.1 Å². The fourth-order valence-corrected chi connectivity index (χ4v) is 4.97. The molecule has 6 nitrogen and oxygen atoms in total. The predicted octanol–water partition coefficient (Wildman–Crippen LogP) is 2.55. The van der Waals surface area contributed by atoms with Crippen molar-refractivity contribution in [2.75, 3.05) is 19.8 Å². The number of aryl methyl sites for hydroxylation is 1. The van der Waals surface area contributed by atoms with Gasteiger partial charge in [0.25, 0.3) is 0 Å². The van der Waals surface area contributed by atoms with Crippen molar-refractivity contribution < 1.29 is 35.2 Å². The molecule has 2 bridgehead atoms. The minimum atomic E-state index is -3.80. The summed E-state index contributed by atoms with van der Waals surface area (Å²) in [7, 11) is -3.80. The summed E-state index contributed by atoms with van der Waals surface area (Å²) in [5.41, 5.74) is 1.47. The molecule has 10 heteroatoms. The predicted molar refractivity (Wildman–Crippen MR) is 86.6 cm³/mol. The molecular weight excluding hydrogens is 375 g/mol. The number of halogens is 3. The first-order valence-electron chi connectivity index (χ1n) is 8.05. The van der Waals surface area contributed by atoms with E-state index in [1.165, 1.54) is 0 Å². The Morgan fingerprint density at radius 1 is 1.27 bits per heavy atom. The van der Waals surface area contributed by atoms with Gasteiger partial charge in [0, 0.05) is 17.5 Å². The zero-order valence-corrected chi connectivity index (χ0v) is 15.4. The first-order chi connectivity index (χ1) is 12.1. The Balaban J connectivity index is 0.000000447. The zero-order valence-electron chi connectivity index (χ0n) is 14.5. The smallest absolute Gasteiger partial charge is 0.379 e. The summed E-state index contributed by atoms with van der Waals surface area (Å²) in [5, 5.41) is -0.840. The second kappa shape index (κ2) is 6.58. The average molecular weight is 395 g/mol. The van der Waals surface area contributed by atoms with Crippen LogP contribution in [0.3, 0.4) is 0 Å². The number of benzene rings is 1. The number of morpholine rings is 1. The largest absolute Gasteiger partial charge is 0.473 e. The van der Waals surface area contributed by atoms with E-state index in [4.69, 9.17) is 13.7 Å². The highest BCUT2D eigenvalue weighted by atomic mass is 32.2. The molecule has 0 amide bonds. The minimum Gasteiger partial charge on any atom is -0.473 e. The molecular formula is C16H20F3NO5S. The highest BCUT2D eigenvalue weighted by Crippen LogP contribution is 2.52. The first-order valence-corrected chi connectivity index (χ1v) is 9.52. The van der Waals surface area contributed by atoms with E-state index in [9.17, 15) is 21.6 Å². The third-order valence-corrected chi connectivity index (χ3v) is 6.26. The number of rotatable bonds is 0. The zero-order chi connectivity index (χ0) is 19.3. The second-order valence-corrected chi connectivity index (χ2v) is 8.56. The van der Waals surface area contributed by atoms with Crippen LogP contribution in [0.25, 0.3) is 0 Å². The van der Waals surface area contributed by atoms with E-state index in [0.717, 1.165) is 16.9 Å². The van der Waals surface area contributed by atoms with E-state index in [1.807, 2.05) is 17.9 Å². The van der Waals surface area contributed by atoms with Crippen molar-refractivity contribution in [1.82, 2.24) is 4.90 Å². The van der Waals surface area contributed by atoms with E-state index in [-0.39, 0.29) is 18.2 Å². The molecule has 3 heterocycles. The monoisotopic (exact) mass is 395 g/mol. The highest BCUT2D eigenvalue weighted by molar-refractivity contribution is 7.87. The molecule has 1 fully saturated rings. The maximum atomic E-state index is 12.6. The van der Waals surface area contributed by atoms with Crippen LogP contribution >= 0.6 is 0 Å². The van der Waals surface area contributed by atoms with Crippen LogP contribution < -0.4 is 8.92 Å². The van der Waals surface area contributed by atoms with E-state index in [2.05, 4.69) is 13.8 Å². The summed E-state index contributed by atoms with van der Waals surface area (Å²) in [5.74, 6) is 1.12. The van der Waals surface area contributed by atoms with Crippen LogP contribution in [0.1, 0.15) is 25.0 Å². The summed E-state index contributed by atoms with van der Waals surface area (Å²) >= 11 is 0. The second-order valence-electron chi connectivity index (χ2n) is 6.87. The number of nitrogens with zero attached hydrogens (tertiary/aromatic N) is 1. The molecule has 0 radical (unpaired) electrons. The summed E-state index contributed by atoms with van der Waals surface area (Å²) in [6, 6.07) is 3.56. The molecule has 0 saturated carbocycles. The molecule has 2 atom stereocenters. The number of ether oxygens (including phenoxy) is 2. The van der Waals surface area contributed by atoms with Gasteiger partial charge in [-0.25, -0.2) is 4.90 Å². The van der Waals surface area contributed by atoms with Crippen LogP contribution in [0, 0.1) is 6.92 Å². The van der Waals surface area contributed by atoms with E-state index in [1.54, 1.807) is 6.07 Å². The molecule has 0 aliphatic carbocycles. The van der Waals surface area contributed by atoms with Gasteiger partial charge in [-0.2, -0.15) is 21.6 Å². The van der Waals surface area contributed by atoms with Gasteiger partial charge in [0.05, 0.1) is 13.2 Å².